The highest BCUT2D eigenvalue weighted by atomic mass is 32.1. The maximum absolute atomic E-state index is 12.2. The lowest BCUT2D eigenvalue weighted by Crippen LogP contribution is -2.40. The second kappa shape index (κ2) is 8.16. The van der Waals surface area contributed by atoms with Crippen LogP contribution >= 0.6 is 12.2 Å². The van der Waals surface area contributed by atoms with Crippen LogP contribution in [0.25, 0.3) is 0 Å². The molecule has 0 spiro atoms. The predicted molar refractivity (Wildman–Crippen MR) is 95.8 cm³/mol. The normalized spacial score (nSPS) is 11.4. The number of rotatable bonds is 5. The van der Waals surface area contributed by atoms with Gasteiger partial charge in [0, 0.05) is 17.7 Å². The van der Waals surface area contributed by atoms with Gasteiger partial charge in [-0.1, -0.05) is 43.3 Å². The van der Waals surface area contributed by atoms with Crippen LogP contribution in [0.15, 0.2) is 54.6 Å². The third-order valence-corrected chi connectivity index (χ3v) is 3.68. The summed E-state index contributed by atoms with van der Waals surface area (Å²) >= 11 is 5.18. The lowest BCUT2D eigenvalue weighted by molar-refractivity contribution is -0.384. The van der Waals surface area contributed by atoms with E-state index in [0.29, 0.717) is 0 Å². The molecule has 0 heterocycles. The molecular formula is C17H17N3O3S. The molecule has 0 aliphatic heterocycles. The Morgan fingerprint density at radius 2 is 1.92 bits per heavy atom. The molecular weight excluding hydrogens is 326 g/mol. The van der Waals surface area contributed by atoms with E-state index in [1.165, 1.54) is 24.3 Å². The summed E-state index contributed by atoms with van der Waals surface area (Å²) in [6.07, 6.45) is 0.789. The number of benzene rings is 2. The van der Waals surface area contributed by atoms with Crippen LogP contribution < -0.4 is 10.6 Å². The Labute approximate surface area is 145 Å². The standard InChI is InChI=1S/C17H17N3O3S/c1-2-15(12-7-4-3-5-8-12)18-17(24)19-16(21)13-9-6-10-14(11-13)20(22)23/h3-11,15H,2H2,1H3,(H2,18,19,21,24). The number of nitrogens with one attached hydrogen (secondary N) is 2. The second-order valence-electron chi connectivity index (χ2n) is 5.11. The van der Waals surface area contributed by atoms with E-state index in [-0.39, 0.29) is 22.4 Å². The van der Waals surface area contributed by atoms with Crippen molar-refractivity contribution < 1.29 is 9.72 Å². The minimum absolute atomic E-state index is 0.0240. The Morgan fingerprint density at radius 3 is 2.54 bits per heavy atom. The van der Waals surface area contributed by atoms with E-state index in [9.17, 15) is 14.9 Å². The van der Waals surface area contributed by atoms with Gasteiger partial charge in [0.05, 0.1) is 11.0 Å². The van der Waals surface area contributed by atoms with Crippen molar-refractivity contribution in [2.24, 2.45) is 0 Å². The number of amides is 1. The molecule has 1 atom stereocenters. The number of carbonyl (C=O) groups is 1. The molecule has 0 aromatic heterocycles. The van der Waals surface area contributed by atoms with Gasteiger partial charge in [0.1, 0.15) is 0 Å². The molecule has 24 heavy (non-hydrogen) atoms. The number of nitrogens with zero attached hydrogens (tertiary/aromatic N) is 1. The minimum atomic E-state index is -0.546. The Kier molecular flexibility index (Phi) is 5.97. The molecule has 2 rings (SSSR count). The molecule has 2 aromatic rings. The number of nitro groups is 1. The van der Waals surface area contributed by atoms with E-state index in [0.717, 1.165) is 12.0 Å². The molecule has 124 valence electrons. The average Bonchev–Trinajstić information content (AvgIpc) is 2.60. The van der Waals surface area contributed by atoms with Crippen molar-refractivity contribution >= 4 is 28.9 Å². The van der Waals surface area contributed by atoms with E-state index in [1.807, 2.05) is 37.3 Å². The summed E-state index contributed by atoms with van der Waals surface area (Å²) in [5.74, 6) is -0.487. The monoisotopic (exact) mass is 343 g/mol. The summed E-state index contributed by atoms with van der Waals surface area (Å²) in [7, 11) is 0. The Hall–Kier alpha value is -2.80. The first-order chi connectivity index (χ1) is 11.5. The number of hydrogen-bond acceptors (Lipinski definition) is 4. The fourth-order valence-corrected chi connectivity index (χ4v) is 2.47. The Morgan fingerprint density at radius 1 is 1.21 bits per heavy atom. The third-order valence-electron chi connectivity index (χ3n) is 3.46. The van der Waals surface area contributed by atoms with Crippen molar-refractivity contribution in [3.63, 3.8) is 0 Å². The molecule has 0 radical (unpaired) electrons. The number of nitro benzene ring substituents is 1. The zero-order valence-corrected chi connectivity index (χ0v) is 13.9. The van der Waals surface area contributed by atoms with Gasteiger partial charge in [0.15, 0.2) is 5.11 Å². The number of non-ortho nitro benzene ring substituents is 1. The fourth-order valence-electron chi connectivity index (χ4n) is 2.24. The fraction of sp³-hybridized carbons (Fsp3) is 0.176. The SMILES string of the molecule is CCC(NC(=S)NC(=O)c1cccc([N+](=O)[O-])c1)c1ccccc1. The van der Waals surface area contributed by atoms with Crippen molar-refractivity contribution in [1.29, 1.82) is 0 Å². The van der Waals surface area contributed by atoms with Gasteiger partial charge in [0.2, 0.25) is 0 Å². The first-order valence-electron chi connectivity index (χ1n) is 7.42. The highest BCUT2D eigenvalue weighted by molar-refractivity contribution is 7.80. The molecule has 2 aromatic carbocycles. The third kappa shape index (κ3) is 4.60. The van der Waals surface area contributed by atoms with Gasteiger partial charge in [-0.3, -0.25) is 20.2 Å². The van der Waals surface area contributed by atoms with Gasteiger partial charge in [0.25, 0.3) is 11.6 Å². The quantitative estimate of drug-likeness (QED) is 0.494. The van der Waals surface area contributed by atoms with E-state index in [2.05, 4.69) is 10.6 Å². The lowest BCUT2D eigenvalue weighted by atomic mass is 10.1. The number of hydrogen-bond donors (Lipinski definition) is 2. The first kappa shape index (κ1) is 17.6. The summed E-state index contributed by atoms with van der Waals surface area (Å²) in [6.45, 7) is 2.01. The maximum Gasteiger partial charge on any atom is 0.270 e. The first-order valence-corrected chi connectivity index (χ1v) is 7.83. The molecule has 2 N–H and O–H groups in total. The average molecular weight is 343 g/mol. The topological polar surface area (TPSA) is 84.3 Å². The van der Waals surface area contributed by atoms with Crippen LogP contribution in [0.2, 0.25) is 0 Å². The van der Waals surface area contributed by atoms with Crippen molar-refractivity contribution in [1.82, 2.24) is 10.6 Å². The zero-order valence-electron chi connectivity index (χ0n) is 13.1. The zero-order chi connectivity index (χ0) is 17.5. The van der Waals surface area contributed by atoms with Gasteiger partial charge in [-0.25, -0.2) is 0 Å². The van der Waals surface area contributed by atoms with Crippen LogP contribution in [-0.2, 0) is 0 Å². The number of thiocarbonyl (C=S) groups is 1. The van der Waals surface area contributed by atoms with Crippen LogP contribution in [0.4, 0.5) is 5.69 Å². The second-order valence-corrected chi connectivity index (χ2v) is 5.51. The number of carbonyl (C=O) groups excluding carboxylic acids is 1. The Balaban J connectivity index is 2.02. The maximum atomic E-state index is 12.2. The summed E-state index contributed by atoms with van der Waals surface area (Å²) < 4.78 is 0. The summed E-state index contributed by atoms with van der Waals surface area (Å²) in [5, 5.41) is 16.6. The summed E-state index contributed by atoms with van der Waals surface area (Å²) in [4.78, 5) is 22.4. The van der Waals surface area contributed by atoms with Crippen molar-refractivity contribution in [3.8, 4) is 0 Å². The largest absolute Gasteiger partial charge is 0.356 e. The van der Waals surface area contributed by atoms with Crippen molar-refractivity contribution in [3.05, 3.63) is 75.8 Å². The molecule has 0 aliphatic carbocycles. The van der Waals surface area contributed by atoms with E-state index in [4.69, 9.17) is 12.2 Å². The van der Waals surface area contributed by atoms with Crippen molar-refractivity contribution in [2.75, 3.05) is 0 Å². The van der Waals surface area contributed by atoms with Crippen LogP contribution in [-0.4, -0.2) is 15.9 Å². The summed E-state index contributed by atoms with van der Waals surface area (Å²) in [5.41, 5.74) is 1.10. The highest BCUT2D eigenvalue weighted by Gasteiger charge is 2.15. The van der Waals surface area contributed by atoms with E-state index in [1.54, 1.807) is 0 Å². The van der Waals surface area contributed by atoms with Gasteiger partial charge in [-0.2, -0.15) is 0 Å². The summed E-state index contributed by atoms with van der Waals surface area (Å²) in [6, 6.07) is 15.2. The predicted octanol–water partition coefficient (Wildman–Crippen LogP) is 3.35. The smallest absolute Gasteiger partial charge is 0.270 e. The molecule has 1 amide bonds. The van der Waals surface area contributed by atoms with Crippen molar-refractivity contribution in [2.45, 2.75) is 19.4 Å². The Bertz CT molecular complexity index is 750. The van der Waals surface area contributed by atoms with Gasteiger partial charge < -0.3 is 5.32 Å². The highest BCUT2D eigenvalue weighted by Crippen LogP contribution is 2.16. The van der Waals surface area contributed by atoms with Gasteiger partial charge in [-0.05, 0) is 30.3 Å². The molecule has 0 aliphatic rings. The van der Waals surface area contributed by atoms with Gasteiger partial charge in [-0.15, -0.1) is 0 Å². The molecule has 7 heteroatoms. The minimum Gasteiger partial charge on any atom is -0.356 e. The van der Waals surface area contributed by atoms with E-state index >= 15 is 0 Å². The van der Waals surface area contributed by atoms with Crippen LogP contribution in [0.1, 0.15) is 35.3 Å². The molecule has 0 fully saturated rings. The molecule has 1 unspecified atom stereocenters. The lowest BCUT2D eigenvalue weighted by Gasteiger charge is -2.19. The molecule has 6 nitrogen and oxygen atoms in total. The molecule has 0 saturated carbocycles. The van der Waals surface area contributed by atoms with Crippen LogP contribution in [0, 0.1) is 10.1 Å². The van der Waals surface area contributed by atoms with E-state index < -0.39 is 10.8 Å². The molecule has 0 saturated heterocycles. The van der Waals surface area contributed by atoms with Crippen LogP contribution in [0.3, 0.4) is 0 Å². The van der Waals surface area contributed by atoms with Gasteiger partial charge >= 0.3 is 0 Å². The molecule has 0 bridgehead atoms. The van der Waals surface area contributed by atoms with Crippen LogP contribution in [0.5, 0.6) is 0 Å².